The second-order valence-corrected chi connectivity index (χ2v) is 4.36. The molecule has 0 fully saturated rings. The molecule has 0 radical (unpaired) electrons. The molecule has 0 aliphatic carbocycles. The van der Waals surface area contributed by atoms with Crippen molar-refractivity contribution in [1.82, 2.24) is 0 Å². The molecule has 0 aliphatic heterocycles. The predicted octanol–water partition coefficient (Wildman–Crippen LogP) is 3.45. The van der Waals surface area contributed by atoms with Crippen molar-refractivity contribution in [3.8, 4) is 5.75 Å². The van der Waals surface area contributed by atoms with Gasteiger partial charge in [-0.05, 0) is 41.4 Å². The first-order valence-electron chi connectivity index (χ1n) is 4.99. The highest BCUT2D eigenvalue weighted by molar-refractivity contribution is 7.07. The van der Waals surface area contributed by atoms with E-state index in [0.717, 1.165) is 17.4 Å². The molecule has 0 aliphatic rings. The average molecular weight is 232 g/mol. The highest BCUT2D eigenvalue weighted by Crippen LogP contribution is 2.20. The van der Waals surface area contributed by atoms with Crippen molar-refractivity contribution in [1.29, 1.82) is 0 Å². The third-order valence-electron chi connectivity index (χ3n) is 2.27. The Morgan fingerprint density at radius 2 is 2.25 bits per heavy atom. The van der Waals surface area contributed by atoms with Gasteiger partial charge in [-0.15, -0.1) is 0 Å². The Bertz CT molecular complexity index is 475. The number of carbonyl (C=O) groups excluding carboxylic acids is 1. The summed E-state index contributed by atoms with van der Waals surface area (Å²) in [5.74, 6) is 0.645. The Balaban J connectivity index is 2.12. The topological polar surface area (TPSA) is 26.3 Å². The summed E-state index contributed by atoms with van der Waals surface area (Å²) in [5.41, 5.74) is 2.79. The lowest BCUT2D eigenvalue weighted by Crippen LogP contribution is -1.97. The zero-order valence-electron chi connectivity index (χ0n) is 8.97. The van der Waals surface area contributed by atoms with Crippen molar-refractivity contribution in [2.45, 2.75) is 13.5 Å². The van der Waals surface area contributed by atoms with Crippen LogP contribution in [-0.4, -0.2) is 6.29 Å². The number of hydrogen-bond acceptors (Lipinski definition) is 3. The van der Waals surface area contributed by atoms with Gasteiger partial charge in [0.2, 0.25) is 0 Å². The molecular weight excluding hydrogens is 220 g/mol. The van der Waals surface area contributed by atoms with Crippen molar-refractivity contribution >= 4 is 17.6 Å². The SMILES string of the molecule is Cc1ccc(OCc2ccsc2)c(C=O)c1. The van der Waals surface area contributed by atoms with E-state index in [2.05, 4.69) is 0 Å². The molecule has 82 valence electrons. The molecule has 1 aromatic heterocycles. The molecule has 3 heteroatoms. The minimum atomic E-state index is 0.507. The molecule has 2 aromatic rings. The van der Waals surface area contributed by atoms with Crippen LogP contribution in [-0.2, 0) is 6.61 Å². The molecule has 2 nitrogen and oxygen atoms in total. The summed E-state index contributed by atoms with van der Waals surface area (Å²) in [6.07, 6.45) is 0.829. The zero-order chi connectivity index (χ0) is 11.4. The zero-order valence-corrected chi connectivity index (χ0v) is 9.79. The van der Waals surface area contributed by atoms with Gasteiger partial charge in [0, 0.05) is 0 Å². The fraction of sp³-hybridized carbons (Fsp3) is 0.154. The van der Waals surface area contributed by atoms with Crippen LogP contribution in [0.5, 0.6) is 5.75 Å². The number of rotatable bonds is 4. The number of aldehydes is 1. The molecule has 0 saturated heterocycles. The molecule has 0 N–H and O–H groups in total. The second-order valence-electron chi connectivity index (χ2n) is 3.58. The molecule has 0 bridgehead atoms. The molecule has 0 saturated carbocycles. The van der Waals surface area contributed by atoms with Crippen LogP contribution < -0.4 is 4.74 Å². The van der Waals surface area contributed by atoms with Crippen LogP contribution in [0.25, 0.3) is 0 Å². The van der Waals surface area contributed by atoms with E-state index in [9.17, 15) is 4.79 Å². The van der Waals surface area contributed by atoms with E-state index < -0.39 is 0 Å². The van der Waals surface area contributed by atoms with Crippen molar-refractivity contribution in [2.24, 2.45) is 0 Å². The lowest BCUT2D eigenvalue weighted by molar-refractivity contribution is 0.111. The summed E-state index contributed by atoms with van der Waals surface area (Å²) in [4.78, 5) is 10.9. The molecule has 2 rings (SSSR count). The Labute approximate surface area is 98.5 Å². The van der Waals surface area contributed by atoms with E-state index >= 15 is 0 Å². The van der Waals surface area contributed by atoms with Gasteiger partial charge < -0.3 is 4.74 Å². The van der Waals surface area contributed by atoms with Crippen molar-refractivity contribution in [3.05, 3.63) is 51.7 Å². The number of ether oxygens (including phenoxy) is 1. The quantitative estimate of drug-likeness (QED) is 0.755. The van der Waals surface area contributed by atoms with Gasteiger partial charge in [0.1, 0.15) is 12.4 Å². The normalized spacial score (nSPS) is 10.1. The van der Waals surface area contributed by atoms with Gasteiger partial charge in [0.05, 0.1) is 5.56 Å². The number of hydrogen-bond donors (Lipinski definition) is 0. The lowest BCUT2D eigenvalue weighted by atomic mass is 10.1. The fourth-order valence-corrected chi connectivity index (χ4v) is 2.08. The molecule has 0 unspecified atom stereocenters. The minimum Gasteiger partial charge on any atom is -0.488 e. The highest BCUT2D eigenvalue weighted by atomic mass is 32.1. The summed E-state index contributed by atoms with van der Waals surface area (Å²) >= 11 is 1.64. The van der Waals surface area contributed by atoms with Gasteiger partial charge in [-0.25, -0.2) is 0 Å². The summed E-state index contributed by atoms with van der Waals surface area (Å²) < 4.78 is 5.60. The van der Waals surface area contributed by atoms with Crippen LogP contribution >= 0.6 is 11.3 Å². The number of thiophene rings is 1. The standard InChI is InChI=1S/C13H12O2S/c1-10-2-3-13(12(6-10)7-14)15-8-11-4-5-16-9-11/h2-7,9H,8H2,1H3. The fourth-order valence-electron chi connectivity index (χ4n) is 1.43. The average Bonchev–Trinajstić information content (AvgIpc) is 2.80. The molecular formula is C13H12O2S. The smallest absolute Gasteiger partial charge is 0.153 e. The van der Waals surface area contributed by atoms with Gasteiger partial charge in [-0.1, -0.05) is 11.6 Å². The highest BCUT2D eigenvalue weighted by Gasteiger charge is 2.03. The van der Waals surface area contributed by atoms with Gasteiger partial charge in [-0.2, -0.15) is 11.3 Å². The van der Waals surface area contributed by atoms with Crippen LogP contribution in [0.2, 0.25) is 0 Å². The van der Waals surface area contributed by atoms with Crippen molar-refractivity contribution < 1.29 is 9.53 Å². The first-order valence-corrected chi connectivity index (χ1v) is 5.93. The number of aryl methyl sites for hydroxylation is 1. The van der Waals surface area contributed by atoms with Crippen LogP contribution in [0.4, 0.5) is 0 Å². The van der Waals surface area contributed by atoms with E-state index in [4.69, 9.17) is 4.74 Å². The maximum atomic E-state index is 10.9. The Kier molecular flexibility index (Phi) is 3.37. The van der Waals surface area contributed by atoms with E-state index in [1.807, 2.05) is 41.9 Å². The summed E-state index contributed by atoms with van der Waals surface area (Å²) in [6.45, 7) is 2.46. The third kappa shape index (κ3) is 2.49. The number of carbonyl (C=O) groups is 1. The summed E-state index contributed by atoms with van der Waals surface area (Å²) in [6, 6.07) is 7.62. The monoisotopic (exact) mass is 232 g/mol. The lowest BCUT2D eigenvalue weighted by Gasteiger charge is -2.07. The van der Waals surface area contributed by atoms with Crippen LogP contribution in [0, 0.1) is 6.92 Å². The maximum Gasteiger partial charge on any atom is 0.153 e. The number of benzene rings is 1. The first-order chi connectivity index (χ1) is 7.79. The van der Waals surface area contributed by atoms with Gasteiger partial charge in [0.15, 0.2) is 6.29 Å². The van der Waals surface area contributed by atoms with Crippen LogP contribution in [0.15, 0.2) is 35.0 Å². The van der Waals surface area contributed by atoms with E-state index in [-0.39, 0.29) is 0 Å². The van der Waals surface area contributed by atoms with Gasteiger partial charge >= 0.3 is 0 Å². The largest absolute Gasteiger partial charge is 0.488 e. The molecule has 0 spiro atoms. The summed E-state index contributed by atoms with van der Waals surface area (Å²) in [7, 11) is 0. The third-order valence-corrected chi connectivity index (χ3v) is 3.00. The van der Waals surface area contributed by atoms with E-state index in [0.29, 0.717) is 17.9 Å². The minimum absolute atomic E-state index is 0.507. The molecule has 0 atom stereocenters. The molecule has 0 amide bonds. The molecule has 1 heterocycles. The first kappa shape index (κ1) is 10.9. The predicted molar refractivity (Wildman–Crippen MR) is 65.2 cm³/mol. The molecule has 1 aromatic carbocycles. The van der Waals surface area contributed by atoms with E-state index in [1.54, 1.807) is 11.3 Å². The van der Waals surface area contributed by atoms with Crippen LogP contribution in [0.3, 0.4) is 0 Å². The maximum absolute atomic E-state index is 10.9. The van der Waals surface area contributed by atoms with Gasteiger partial charge in [-0.3, -0.25) is 4.79 Å². The molecule has 16 heavy (non-hydrogen) atoms. The second kappa shape index (κ2) is 4.94. The Hall–Kier alpha value is -1.61. The van der Waals surface area contributed by atoms with Crippen molar-refractivity contribution in [3.63, 3.8) is 0 Å². The Morgan fingerprint density at radius 1 is 1.38 bits per heavy atom. The van der Waals surface area contributed by atoms with Crippen LogP contribution in [0.1, 0.15) is 21.5 Å². The van der Waals surface area contributed by atoms with E-state index in [1.165, 1.54) is 0 Å². The Morgan fingerprint density at radius 3 is 2.94 bits per heavy atom. The van der Waals surface area contributed by atoms with Crippen molar-refractivity contribution in [2.75, 3.05) is 0 Å². The summed E-state index contributed by atoms with van der Waals surface area (Å²) in [5, 5.41) is 4.04. The van der Waals surface area contributed by atoms with Gasteiger partial charge in [0.25, 0.3) is 0 Å².